The third kappa shape index (κ3) is 3.10. The standard InChI is InChI=1S/C17H25NO3S/c1-3-17(4-2)13-10-12(19)6-5-11(13)9-14(16(17)18)22-8-7-15(20)21/h5-6,10,14,16,19H,3-4,7-9,18H2,1-2H3,(H,20,21)/t14-,16+/m0/s1. The number of carboxylic acid groups (broad SMARTS) is 1. The van der Waals surface area contributed by atoms with Gasteiger partial charge in [0.2, 0.25) is 0 Å². The first kappa shape index (κ1) is 17.2. The molecule has 1 aliphatic carbocycles. The summed E-state index contributed by atoms with van der Waals surface area (Å²) in [5.41, 5.74) is 8.86. The largest absolute Gasteiger partial charge is 0.508 e. The summed E-state index contributed by atoms with van der Waals surface area (Å²) in [6, 6.07) is 5.54. The molecule has 0 fully saturated rings. The summed E-state index contributed by atoms with van der Waals surface area (Å²) in [5, 5.41) is 18.9. The number of thioether (sulfide) groups is 1. The molecule has 1 aromatic rings. The fourth-order valence-electron chi connectivity index (χ4n) is 3.65. The zero-order chi connectivity index (χ0) is 16.3. The second kappa shape index (κ2) is 6.92. The van der Waals surface area contributed by atoms with Gasteiger partial charge in [-0.05, 0) is 42.5 Å². The lowest BCUT2D eigenvalue weighted by Crippen LogP contribution is -2.55. The van der Waals surface area contributed by atoms with Gasteiger partial charge in [-0.25, -0.2) is 0 Å². The van der Waals surface area contributed by atoms with Gasteiger partial charge in [0.15, 0.2) is 0 Å². The average Bonchev–Trinajstić information content (AvgIpc) is 2.49. The van der Waals surface area contributed by atoms with Crippen LogP contribution in [0.4, 0.5) is 0 Å². The fourth-order valence-corrected chi connectivity index (χ4v) is 5.01. The number of carboxylic acids is 1. The number of benzene rings is 1. The quantitative estimate of drug-likeness (QED) is 0.749. The Hall–Kier alpha value is -1.20. The summed E-state index contributed by atoms with van der Waals surface area (Å²) in [6.07, 6.45) is 2.83. The molecule has 0 aromatic heterocycles. The fraction of sp³-hybridized carbons (Fsp3) is 0.588. The number of phenolic OH excluding ortho intramolecular Hbond substituents is 1. The van der Waals surface area contributed by atoms with Crippen molar-refractivity contribution in [2.24, 2.45) is 5.73 Å². The summed E-state index contributed by atoms with van der Waals surface area (Å²) in [4.78, 5) is 10.7. The molecule has 4 nitrogen and oxygen atoms in total. The van der Waals surface area contributed by atoms with Crippen LogP contribution in [0.15, 0.2) is 18.2 Å². The molecule has 22 heavy (non-hydrogen) atoms. The van der Waals surface area contributed by atoms with E-state index in [0.29, 0.717) is 5.75 Å². The van der Waals surface area contributed by atoms with Gasteiger partial charge in [0.25, 0.3) is 0 Å². The second-order valence-corrected chi connectivity index (χ2v) is 7.33. The number of hydrogen-bond acceptors (Lipinski definition) is 4. The van der Waals surface area contributed by atoms with Crippen LogP contribution in [0.1, 0.15) is 44.2 Å². The van der Waals surface area contributed by atoms with Crippen molar-refractivity contribution in [2.45, 2.75) is 56.2 Å². The number of nitrogens with two attached hydrogens (primary N) is 1. The highest BCUT2D eigenvalue weighted by Crippen LogP contribution is 2.46. The second-order valence-electron chi connectivity index (χ2n) is 5.99. The van der Waals surface area contributed by atoms with Crippen LogP contribution in [-0.4, -0.2) is 33.2 Å². The van der Waals surface area contributed by atoms with E-state index >= 15 is 0 Å². The average molecular weight is 323 g/mol. The summed E-state index contributed by atoms with van der Waals surface area (Å²) in [7, 11) is 0. The van der Waals surface area contributed by atoms with Gasteiger partial charge < -0.3 is 15.9 Å². The molecule has 0 saturated heterocycles. The first-order valence-electron chi connectivity index (χ1n) is 7.86. The third-order valence-electron chi connectivity index (χ3n) is 5.00. The molecule has 2 atom stereocenters. The maximum Gasteiger partial charge on any atom is 0.304 e. The maximum atomic E-state index is 10.7. The Bertz CT molecular complexity index is 543. The molecule has 5 heteroatoms. The number of hydrogen-bond donors (Lipinski definition) is 3. The zero-order valence-electron chi connectivity index (χ0n) is 13.2. The summed E-state index contributed by atoms with van der Waals surface area (Å²) in [5.74, 6) is 0.110. The Morgan fingerprint density at radius 2 is 2.09 bits per heavy atom. The normalized spacial score (nSPS) is 23.0. The smallest absolute Gasteiger partial charge is 0.304 e. The van der Waals surface area contributed by atoms with E-state index in [9.17, 15) is 9.90 Å². The molecule has 0 amide bonds. The van der Waals surface area contributed by atoms with Crippen molar-refractivity contribution in [3.63, 3.8) is 0 Å². The van der Waals surface area contributed by atoms with E-state index in [0.717, 1.165) is 19.3 Å². The van der Waals surface area contributed by atoms with Crippen LogP contribution < -0.4 is 5.73 Å². The molecular formula is C17H25NO3S. The molecule has 122 valence electrons. The van der Waals surface area contributed by atoms with Crippen LogP contribution in [-0.2, 0) is 16.6 Å². The number of fused-ring (bicyclic) bond motifs is 1. The van der Waals surface area contributed by atoms with Crippen LogP contribution >= 0.6 is 11.8 Å². The number of carbonyl (C=O) groups is 1. The van der Waals surface area contributed by atoms with Crippen molar-refractivity contribution in [1.82, 2.24) is 0 Å². The molecule has 0 unspecified atom stereocenters. The Morgan fingerprint density at radius 3 is 2.68 bits per heavy atom. The van der Waals surface area contributed by atoms with E-state index in [4.69, 9.17) is 10.8 Å². The molecule has 0 spiro atoms. The van der Waals surface area contributed by atoms with Gasteiger partial charge in [-0.3, -0.25) is 4.79 Å². The van der Waals surface area contributed by atoms with E-state index in [1.165, 1.54) is 11.1 Å². The summed E-state index contributed by atoms with van der Waals surface area (Å²) in [6.45, 7) is 4.28. The molecule has 0 saturated carbocycles. The molecule has 1 aliphatic rings. The van der Waals surface area contributed by atoms with Crippen LogP contribution in [0.5, 0.6) is 5.75 Å². The Labute approximate surface area is 136 Å². The predicted octanol–water partition coefficient (Wildman–Crippen LogP) is 2.91. The van der Waals surface area contributed by atoms with Gasteiger partial charge in [0.05, 0.1) is 6.42 Å². The molecule has 0 aliphatic heterocycles. The van der Waals surface area contributed by atoms with E-state index in [2.05, 4.69) is 13.8 Å². The SMILES string of the molecule is CCC1(CC)c2cc(O)ccc2C[C@H](SCCC(=O)O)[C@H]1N. The molecule has 0 bridgehead atoms. The first-order chi connectivity index (χ1) is 10.4. The van der Waals surface area contributed by atoms with Gasteiger partial charge in [-0.1, -0.05) is 19.9 Å². The summed E-state index contributed by atoms with van der Waals surface area (Å²) >= 11 is 1.67. The number of rotatable bonds is 6. The lowest BCUT2D eigenvalue weighted by atomic mass is 9.63. The molecule has 1 aromatic carbocycles. The molecule has 0 radical (unpaired) electrons. The van der Waals surface area contributed by atoms with Crippen molar-refractivity contribution in [2.75, 3.05) is 5.75 Å². The third-order valence-corrected chi connectivity index (χ3v) is 6.33. The Balaban J connectivity index is 2.32. The lowest BCUT2D eigenvalue weighted by Gasteiger charge is -2.47. The monoisotopic (exact) mass is 323 g/mol. The van der Waals surface area contributed by atoms with Crippen LogP contribution in [0, 0.1) is 0 Å². The topological polar surface area (TPSA) is 83.5 Å². The summed E-state index contributed by atoms with van der Waals surface area (Å²) < 4.78 is 0. The van der Waals surface area contributed by atoms with Crippen LogP contribution in [0.3, 0.4) is 0 Å². The number of phenols is 1. The van der Waals surface area contributed by atoms with Gasteiger partial charge in [0.1, 0.15) is 5.75 Å². The van der Waals surface area contributed by atoms with E-state index in [1.807, 2.05) is 12.1 Å². The van der Waals surface area contributed by atoms with Gasteiger partial charge in [0, 0.05) is 22.5 Å². The van der Waals surface area contributed by atoms with Gasteiger partial charge >= 0.3 is 5.97 Å². The molecule has 4 N–H and O–H groups in total. The molecule has 0 heterocycles. The van der Waals surface area contributed by atoms with Crippen molar-refractivity contribution in [1.29, 1.82) is 0 Å². The van der Waals surface area contributed by atoms with E-state index in [1.54, 1.807) is 17.8 Å². The minimum Gasteiger partial charge on any atom is -0.508 e. The van der Waals surface area contributed by atoms with Crippen molar-refractivity contribution in [3.05, 3.63) is 29.3 Å². The number of aromatic hydroxyl groups is 1. The maximum absolute atomic E-state index is 10.7. The van der Waals surface area contributed by atoms with Crippen LogP contribution in [0.2, 0.25) is 0 Å². The lowest BCUT2D eigenvalue weighted by molar-refractivity contribution is -0.136. The van der Waals surface area contributed by atoms with Crippen LogP contribution in [0.25, 0.3) is 0 Å². The van der Waals surface area contributed by atoms with E-state index < -0.39 is 5.97 Å². The minimum absolute atomic E-state index is 0.0319. The van der Waals surface area contributed by atoms with Crippen molar-refractivity contribution < 1.29 is 15.0 Å². The first-order valence-corrected chi connectivity index (χ1v) is 8.90. The van der Waals surface area contributed by atoms with E-state index in [-0.39, 0.29) is 28.9 Å². The van der Waals surface area contributed by atoms with Gasteiger partial charge in [-0.15, -0.1) is 0 Å². The highest BCUT2D eigenvalue weighted by molar-refractivity contribution is 8.00. The van der Waals surface area contributed by atoms with Crippen molar-refractivity contribution in [3.8, 4) is 5.75 Å². The van der Waals surface area contributed by atoms with Gasteiger partial charge in [-0.2, -0.15) is 11.8 Å². The molecule has 2 rings (SSSR count). The zero-order valence-corrected chi connectivity index (χ0v) is 14.0. The highest BCUT2D eigenvalue weighted by Gasteiger charge is 2.44. The van der Waals surface area contributed by atoms with Crippen molar-refractivity contribution >= 4 is 17.7 Å². The molecular weight excluding hydrogens is 298 g/mol. The highest BCUT2D eigenvalue weighted by atomic mass is 32.2. The minimum atomic E-state index is -0.764. The Morgan fingerprint density at radius 1 is 1.41 bits per heavy atom. The predicted molar refractivity (Wildman–Crippen MR) is 90.5 cm³/mol. The number of aliphatic carboxylic acids is 1. The Kier molecular flexibility index (Phi) is 5.40.